The molecule has 3 rings (SSSR count). The maximum Gasteiger partial charge on any atom is 0.306 e. The van der Waals surface area contributed by atoms with Crippen molar-refractivity contribution in [3.05, 3.63) is 57.8 Å². The Bertz CT molecular complexity index is 778. The minimum Gasteiger partial charge on any atom is -0.481 e. The molecule has 2 aromatic rings. The Hall–Kier alpha value is -2.67. The summed E-state index contributed by atoms with van der Waals surface area (Å²) >= 11 is 1.39. The van der Waals surface area contributed by atoms with Crippen molar-refractivity contribution in [2.24, 2.45) is 5.92 Å². The molecule has 0 saturated carbocycles. The fraction of sp³-hybridized carbons (Fsp3) is 0.316. The van der Waals surface area contributed by atoms with Gasteiger partial charge in [0.05, 0.1) is 10.8 Å². The number of aliphatic carboxylic acids is 1. The smallest absolute Gasteiger partial charge is 0.306 e. The molecule has 2 amide bonds. The first-order valence-electron chi connectivity index (χ1n) is 8.47. The van der Waals surface area contributed by atoms with Crippen molar-refractivity contribution >= 4 is 29.1 Å². The van der Waals surface area contributed by atoms with Crippen LogP contribution in [0.2, 0.25) is 0 Å². The Labute approximate surface area is 155 Å². The van der Waals surface area contributed by atoms with E-state index in [9.17, 15) is 14.4 Å². The highest BCUT2D eigenvalue weighted by atomic mass is 32.1. The summed E-state index contributed by atoms with van der Waals surface area (Å²) in [4.78, 5) is 37.8. The van der Waals surface area contributed by atoms with Gasteiger partial charge in [0.25, 0.3) is 11.8 Å². The number of hydrogen-bond acceptors (Lipinski definition) is 4. The van der Waals surface area contributed by atoms with Gasteiger partial charge in [-0.1, -0.05) is 18.2 Å². The van der Waals surface area contributed by atoms with E-state index >= 15 is 0 Å². The normalized spacial score (nSPS) is 14.8. The molecule has 2 N–H and O–H groups in total. The SMILES string of the molecule is O=C(NCc1ccc(C(=O)N2CCC(C(=O)O)CC2)cc1)c1cccs1. The van der Waals surface area contributed by atoms with Crippen molar-refractivity contribution in [2.75, 3.05) is 13.1 Å². The number of carbonyl (C=O) groups excluding carboxylic acids is 2. The van der Waals surface area contributed by atoms with E-state index in [0.717, 1.165) is 5.56 Å². The fourth-order valence-electron chi connectivity index (χ4n) is 2.95. The maximum atomic E-state index is 12.5. The highest BCUT2D eigenvalue weighted by Gasteiger charge is 2.27. The molecular weight excluding hydrogens is 352 g/mol. The third-order valence-electron chi connectivity index (χ3n) is 4.53. The first kappa shape index (κ1) is 18.1. The number of rotatable bonds is 5. The topological polar surface area (TPSA) is 86.7 Å². The van der Waals surface area contributed by atoms with Crippen LogP contribution >= 0.6 is 11.3 Å². The number of carboxylic acids is 1. The zero-order chi connectivity index (χ0) is 18.5. The van der Waals surface area contributed by atoms with Crippen LogP contribution in [0.3, 0.4) is 0 Å². The average molecular weight is 372 g/mol. The second kappa shape index (κ2) is 8.14. The van der Waals surface area contributed by atoms with Gasteiger partial charge in [-0.2, -0.15) is 0 Å². The Kier molecular flexibility index (Phi) is 5.68. The number of carboxylic acid groups (broad SMARTS) is 1. The number of piperidine rings is 1. The monoisotopic (exact) mass is 372 g/mol. The van der Waals surface area contributed by atoms with Crippen LogP contribution in [0, 0.1) is 5.92 Å². The molecule has 0 unspecified atom stereocenters. The van der Waals surface area contributed by atoms with Crippen LogP contribution in [-0.4, -0.2) is 40.9 Å². The molecule has 1 saturated heterocycles. The number of nitrogens with zero attached hydrogens (tertiary/aromatic N) is 1. The van der Waals surface area contributed by atoms with E-state index in [1.807, 2.05) is 23.6 Å². The zero-order valence-electron chi connectivity index (χ0n) is 14.2. The van der Waals surface area contributed by atoms with Crippen molar-refractivity contribution < 1.29 is 19.5 Å². The van der Waals surface area contributed by atoms with Crippen LogP contribution < -0.4 is 5.32 Å². The van der Waals surface area contributed by atoms with Gasteiger partial charge in [-0.05, 0) is 42.0 Å². The largest absolute Gasteiger partial charge is 0.481 e. The molecule has 7 heteroatoms. The predicted octanol–water partition coefficient (Wildman–Crippen LogP) is 2.61. The summed E-state index contributed by atoms with van der Waals surface area (Å²) in [6.45, 7) is 1.33. The lowest BCUT2D eigenvalue weighted by Crippen LogP contribution is -2.40. The zero-order valence-corrected chi connectivity index (χ0v) is 15.0. The second-order valence-corrected chi connectivity index (χ2v) is 7.21. The molecule has 0 spiro atoms. The number of hydrogen-bond donors (Lipinski definition) is 2. The molecular formula is C19H20N2O4S. The Morgan fingerprint density at radius 2 is 1.81 bits per heavy atom. The lowest BCUT2D eigenvalue weighted by Gasteiger charge is -2.30. The van der Waals surface area contributed by atoms with E-state index in [1.165, 1.54) is 11.3 Å². The number of nitrogens with one attached hydrogen (secondary N) is 1. The molecule has 1 aliphatic heterocycles. The van der Waals surface area contributed by atoms with Crippen LogP contribution in [-0.2, 0) is 11.3 Å². The lowest BCUT2D eigenvalue weighted by molar-refractivity contribution is -0.143. The van der Waals surface area contributed by atoms with Crippen molar-refractivity contribution in [3.8, 4) is 0 Å². The number of likely N-dealkylation sites (tertiary alicyclic amines) is 1. The molecule has 136 valence electrons. The van der Waals surface area contributed by atoms with E-state index in [1.54, 1.807) is 23.1 Å². The summed E-state index contributed by atoms with van der Waals surface area (Å²) in [5.74, 6) is -1.33. The predicted molar refractivity (Wildman–Crippen MR) is 98.2 cm³/mol. The van der Waals surface area contributed by atoms with Gasteiger partial charge in [0.1, 0.15) is 0 Å². The Morgan fingerprint density at radius 1 is 1.12 bits per heavy atom. The quantitative estimate of drug-likeness (QED) is 0.845. The van der Waals surface area contributed by atoms with E-state index in [0.29, 0.717) is 42.9 Å². The van der Waals surface area contributed by atoms with Crippen LogP contribution in [0.15, 0.2) is 41.8 Å². The van der Waals surface area contributed by atoms with Crippen LogP contribution in [0.25, 0.3) is 0 Å². The summed E-state index contributed by atoms with van der Waals surface area (Å²) in [5.41, 5.74) is 1.49. The van der Waals surface area contributed by atoms with Crippen LogP contribution in [0.4, 0.5) is 0 Å². The number of benzene rings is 1. The highest BCUT2D eigenvalue weighted by molar-refractivity contribution is 7.12. The molecule has 0 bridgehead atoms. The van der Waals surface area contributed by atoms with E-state index in [-0.39, 0.29) is 17.7 Å². The van der Waals surface area contributed by atoms with Gasteiger partial charge in [-0.3, -0.25) is 14.4 Å². The Balaban J connectivity index is 1.53. The minimum absolute atomic E-state index is 0.0805. The van der Waals surface area contributed by atoms with Gasteiger partial charge in [0, 0.05) is 25.2 Å². The standard InChI is InChI=1S/C19H20N2O4S/c22-17(16-2-1-11-26-16)20-12-13-3-5-14(6-4-13)18(23)21-9-7-15(8-10-21)19(24)25/h1-6,11,15H,7-10,12H2,(H,20,22)(H,24,25). The Morgan fingerprint density at radius 3 is 2.38 bits per heavy atom. The summed E-state index contributed by atoms with van der Waals surface area (Å²) in [7, 11) is 0. The second-order valence-electron chi connectivity index (χ2n) is 6.26. The van der Waals surface area contributed by atoms with Crippen molar-refractivity contribution in [3.63, 3.8) is 0 Å². The minimum atomic E-state index is -0.786. The molecule has 1 fully saturated rings. The van der Waals surface area contributed by atoms with E-state index < -0.39 is 5.97 Å². The average Bonchev–Trinajstić information content (AvgIpc) is 3.21. The highest BCUT2D eigenvalue weighted by Crippen LogP contribution is 2.19. The molecule has 0 radical (unpaired) electrons. The molecule has 6 nitrogen and oxygen atoms in total. The van der Waals surface area contributed by atoms with E-state index in [2.05, 4.69) is 5.32 Å². The van der Waals surface area contributed by atoms with Gasteiger partial charge in [0.2, 0.25) is 0 Å². The van der Waals surface area contributed by atoms with Gasteiger partial charge in [0.15, 0.2) is 0 Å². The molecule has 1 aromatic carbocycles. The molecule has 2 heterocycles. The number of amides is 2. The first-order valence-corrected chi connectivity index (χ1v) is 9.35. The van der Waals surface area contributed by atoms with Gasteiger partial charge >= 0.3 is 5.97 Å². The summed E-state index contributed by atoms with van der Waals surface area (Å²) < 4.78 is 0. The maximum absolute atomic E-state index is 12.5. The van der Waals surface area contributed by atoms with Crippen LogP contribution in [0.5, 0.6) is 0 Å². The molecule has 1 aromatic heterocycles. The third kappa shape index (κ3) is 4.29. The lowest BCUT2D eigenvalue weighted by atomic mass is 9.96. The summed E-state index contributed by atoms with van der Waals surface area (Å²) in [5, 5.41) is 13.7. The van der Waals surface area contributed by atoms with Crippen LogP contribution in [0.1, 0.15) is 38.4 Å². The third-order valence-corrected chi connectivity index (χ3v) is 5.40. The van der Waals surface area contributed by atoms with Crippen molar-refractivity contribution in [1.29, 1.82) is 0 Å². The number of carbonyl (C=O) groups is 3. The van der Waals surface area contributed by atoms with Gasteiger partial charge < -0.3 is 15.3 Å². The van der Waals surface area contributed by atoms with Crippen molar-refractivity contribution in [2.45, 2.75) is 19.4 Å². The first-order chi connectivity index (χ1) is 12.5. The fourth-order valence-corrected chi connectivity index (χ4v) is 3.59. The van der Waals surface area contributed by atoms with Gasteiger partial charge in [-0.25, -0.2) is 0 Å². The molecule has 0 aliphatic carbocycles. The molecule has 0 atom stereocenters. The van der Waals surface area contributed by atoms with E-state index in [4.69, 9.17) is 5.11 Å². The van der Waals surface area contributed by atoms with Gasteiger partial charge in [-0.15, -0.1) is 11.3 Å². The van der Waals surface area contributed by atoms with Crippen molar-refractivity contribution in [1.82, 2.24) is 10.2 Å². The summed E-state index contributed by atoms with van der Waals surface area (Å²) in [6, 6.07) is 10.8. The molecule has 26 heavy (non-hydrogen) atoms. The molecule has 1 aliphatic rings. The summed E-state index contributed by atoms with van der Waals surface area (Å²) in [6.07, 6.45) is 0.988. The number of thiophene rings is 1.